The van der Waals surface area contributed by atoms with Gasteiger partial charge in [0.2, 0.25) is 10.9 Å². The van der Waals surface area contributed by atoms with E-state index in [4.69, 9.17) is 9.47 Å². The Morgan fingerprint density at radius 1 is 0.920 bits per heavy atom. The summed E-state index contributed by atoms with van der Waals surface area (Å²) in [5.74, 6) is 0.412. The second-order valence-corrected chi connectivity index (χ2v) is 5.20. The van der Waals surface area contributed by atoms with Crippen LogP contribution in [0.4, 0.5) is 0 Å². The van der Waals surface area contributed by atoms with Gasteiger partial charge in [-0.25, -0.2) is 5.43 Å². The lowest BCUT2D eigenvalue weighted by molar-refractivity contribution is 0.0952. The highest BCUT2D eigenvalue weighted by Gasteiger charge is 2.13. The van der Waals surface area contributed by atoms with Gasteiger partial charge in [-0.2, -0.15) is 5.10 Å². The number of amides is 1. The summed E-state index contributed by atoms with van der Waals surface area (Å²) < 4.78 is 10.1. The average molecular weight is 338 g/mol. The van der Waals surface area contributed by atoms with Crippen LogP contribution in [0.5, 0.6) is 11.5 Å². The molecule has 0 aliphatic rings. The van der Waals surface area contributed by atoms with Gasteiger partial charge >= 0.3 is 0 Å². The molecular weight excluding hydrogens is 324 g/mol. The third kappa shape index (κ3) is 2.99. The number of rotatable bonds is 4. The van der Waals surface area contributed by atoms with Crippen molar-refractivity contribution < 1.29 is 14.3 Å². The number of benzene rings is 2. The fourth-order valence-electron chi connectivity index (χ4n) is 2.43. The molecule has 0 fully saturated rings. The summed E-state index contributed by atoms with van der Waals surface area (Å²) in [5, 5.41) is 3.83. The Kier molecular flexibility index (Phi) is 4.30. The van der Waals surface area contributed by atoms with Crippen LogP contribution in [-0.4, -0.2) is 20.1 Å². The summed E-state index contributed by atoms with van der Waals surface area (Å²) in [6, 6.07) is 11.0. The van der Waals surface area contributed by atoms with E-state index in [0.29, 0.717) is 17.1 Å². The largest absolute Gasteiger partial charge is 0.497 e. The molecule has 25 heavy (non-hydrogen) atoms. The minimum absolute atomic E-state index is 0.207. The van der Waals surface area contributed by atoms with Crippen molar-refractivity contribution in [2.24, 2.45) is 5.10 Å². The first kappa shape index (κ1) is 16.4. The second kappa shape index (κ2) is 6.56. The smallest absolute Gasteiger partial charge is 0.271 e. The molecule has 3 aromatic rings. The van der Waals surface area contributed by atoms with Crippen LogP contribution >= 0.6 is 0 Å². The van der Waals surface area contributed by atoms with Crippen molar-refractivity contribution in [1.29, 1.82) is 0 Å². The Hall–Kier alpha value is -3.48. The minimum atomic E-state index is -0.555. The lowest BCUT2D eigenvalue weighted by atomic mass is 10.2. The molecule has 3 rings (SSSR count). The van der Waals surface area contributed by atoms with Crippen LogP contribution in [-0.2, 0) is 0 Å². The topological polar surface area (TPSA) is 94.1 Å². The summed E-state index contributed by atoms with van der Waals surface area (Å²) >= 11 is 0. The normalized spacial score (nSPS) is 11.5. The van der Waals surface area contributed by atoms with Crippen LogP contribution in [0.3, 0.4) is 0 Å². The Morgan fingerprint density at radius 3 is 2.32 bits per heavy atom. The van der Waals surface area contributed by atoms with Gasteiger partial charge in [-0.1, -0.05) is 6.07 Å². The molecule has 0 saturated heterocycles. The standard InChI is InChI=1S/C18H14N2O5/c1-24-11-5-3-4-10(8-11)18(23)20-19-15-16(21)13-7-6-12(25-2)9-14(13)17(15)22/h3-9H,1-2H3,(H,20,23). The van der Waals surface area contributed by atoms with Gasteiger partial charge in [-0.3, -0.25) is 14.4 Å². The summed E-state index contributed by atoms with van der Waals surface area (Å²) in [7, 11) is 2.95. The molecule has 0 heterocycles. The fraction of sp³-hybridized carbons (Fsp3) is 0.111. The Balaban J connectivity index is 2.00. The lowest BCUT2D eigenvalue weighted by Crippen LogP contribution is -2.35. The first-order chi connectivity index (χ1) is 12.0. The molecule has 0 radical (unpaired) electrons. The molecule has 3 aromatic carbocycles. The minimum Gasteiger partial charge on any atom is -0.497 e. The number of carbonyl (C=O) groups excluding carboxylic acids is 1. The zero-order valence-electron chi connectivity index (χ0n) is 13.5. The summed E-state index contributed by atoms with van der Waals surface area (Å²) in [6.45, 7) is 0. The number of hydrogen-bond acceptors (Lipinski definition) is 6. The summed E-state index contributed by atoms with van der Waals surface area (Å²) in [4.78, 5) is 36.8. The highest BCUT2D eigenvalue weighted by molar-refractivity contribution is 5.94. The molecular formula is C18H14N2O5. The van der Waals surface area contributed by atoms with Crippen molar-refractivity contribution in [2.75, 3.05) is 14.2 Å². The van der Waals surface area contributed by atoms with Crippen molar-refractivity contribution in [2.45, 2.75) is 0 Å². The van der Waals surface area contributed by atoms with Crippen LogP contribution < -0.4 is 31.1 Å². The zero-order chi connectivity index (χ0) is 18.0. The van der Waals surface area contributed by atoms with Crippen molar-refractivity contribution in [3.8, 4) is 11.5 Å². The maximum Gasteiger partial charge on any atom is 0.271 e. The summed E-state index contributed by atoms with van der Waals surface area (Å²) in [6.07, 6.45) is 0. The maximum absolute atomic E-state index is 12.3. The van der Waals surface area contributed by atoms with E-state index in [1.165, 1.54) is 32.4 Å². The van der Waals surface area contributed by atoms with E-state index in [9.17, 15) is 14.4 Å². The van der Waals surface area contributed by atoms with E-state index in [1.807, 2.05) is 0 Å². The average Bonchev–Trinajstić information content (AvgIpc) is 2.89. The highest BCUT2D eigenvalue weighted by atomic mass is 16.5. The number of ether oxygens (including phenoxy) is 2. The second-order valence-electron chi connectivity index (χ2n) is 5.20. The van der Waals surface area contributed by atoms with Crippen molar-refractivity contribution in [3.05, 3.63) is 73.8 Å². The number of carbonyl (C=O) groups is 1. The molecule has 0 aromatic heterocycles. The van der Waals surface area contributed by atoms with Crippen LogP contribution in [0.15, 0.2) is 57.2 Å². The SMILES string of the molecule is COc1cccc(C(=O)NN=c2c(=O)c3ccc(OC)cc3c2=O)c1. The van der Waals surface area contributed by atoms with Gasteiger partial charge in [0, 0.05) is 16.3 Å². The molecule has 0 aliphatic carbocycles. The van der Waals surface area contributed by atoms with Crippen LogP contribution in [0, 0.1) is 0 Å². The van der Waals surface area contributed by atoms with E-state index < -0.39 is 16.8 Å². The predicted molar refractivity (Wildman–Crippen MR) is 91.4 cm³/mol. The predicted octanol–water partition coefficient (Wildman–Crippen LogP) is 0.699. The maximum atomic E-state index is 12.3. The van der Waals surface area contributed by atoms with Gasteiger partial charge in [0.15, 0.2) is 5.36 Å². The fourth-order valence-corrected chi connectivity index (χ4v) is 2.43. The summed E-state index contributed by atoms with van der Waals surface area (Å²) in [5.41, 5.74) is 1.44. The molecule has 0 bridgehead atoms. The molecule has 0 atom stereocenters. The van der Waals surface area contributed by atoms with Crippen molar-refractivity contribution in [3.63, 3.8) is 0 Å². The molecule has 0 spiro atoms. The molecule has 0 unspecified atom stereocenters. The van der Waals surface area contributed by atoms with E-state index in [2.05, 4.69) is 10.5 Å². The molecule has 126 valence electrons. The van der Waals surface area contributed by atoms with Gasteiger partial charge in [-0.05, 0) is 36.4 Å². The van der Waals surface area contributed by atoms with E-state index in [-0.39, 0.29) is 16.1 Å². The van der Waals surface area contributed by atoms with Gasteiger partial charge < -0.3 is 9.47 Å². The number of nitrogens with one attached hydrogen (secondary N) is 1. The van der Waals surface area contributed by atoms with Gasteiger partial charge in [-0.15, -0.1) is 0 Å². The highest BCUT2D eigenvalue weighted by Crippen LogP contribution is 2.15. The van der Waals surface area contributed by atoms with Crippen LogP contribution in [0.25, 0.3) is 10.8 Å². The van der Waals surface area contributed by atoms with Crippen molar-refractivity contribution >= 4 is 16.7 Å². The van der Waals surface area contributed by atoms with E-state index in [0.717, 1.165) is 0 Å². The number of fused-ring (bicyclic) bond motifs is 1. The van der Waals surface area contributed by atoms with Crippen LogP contribution in [0.2, 0.25) is 0 Å². The molecule has 7 nitrogen and oxygen atoms in total. The monoisotopic (exact) mass is 338 g/mol. The van der Waals surface area contributed by atoms with Crippen molar-refractivity contribution in [1.82, 2.24) is 5.43 Å². The number of nitrogens with zero attached hydrogens (tertiary/aromatic N) is 1. The molecule has 0 saturated carbocycles. The Labute approximate surface area is 141 Å². The third-order valence-corrected chi connectivity index (χ3v) is 3.75. The van der Waals surface area contributed by atoms with Gasteiger partial charge in [0.05, 0.1) is 14.2 Å². The Bertz CT molecular complexity index is 1110. The number of methoxy groups -OCH3 is 2. The lowest BCUT2D eigenvalue weighted by Gasteiger charge is -2.02. The van der Waals surface area contributed by atoms with Crippen LogP contribution in [0.1, 0.15) is 10.4 Å². The van der Waals surface area contributed by atoms with Gasteiger partial charge in [0.25, 0.3) is 5.91 Å². The molecule has 1 N–H and O–H groups in total. The van der Waals surface area contributed by atoms with E-state index in [1.54, 1.807) is 24.3 Å². The third-order valence-electron chi connectivity index (χ3n) is 3.75. The molecule has 1 amide bonds. The quantitative estimate of drug-likeness (QED) is 0.707. The molecule has 0 aliphatic heterocycles. The first-order valence-corrected chi connectivity index (χ1v) is 7.34. The first-order valence-electron chi connectivity index (χ1n) is 7.34. The number of hydrogen-bond donors (Lipinski definition) is 1. The van der Waals surface area contributed by atoms with Gasteiger partial charge in [0.1, 0.15) is 11.5 Å². The van der Waals surface area contributed by atoms with E-state index >= 15 is 0 Å². The molecule has 7 heteroatoms. The zero-order valence-corrected chi connectivity index (χ0v) is 13.5. The Morgan fingerprint density at radius 2 is 1.60 bits per heavy atom.